The second-order valence-electron chi connectivity index (χ2n) is 7.50. The number of nitrogens with zero attached hydrogens (tertiary/aromatic N) is 2. The van der Waals surface area contributed by atoms with Crippen LogP contribution in [0.15, 0.2) is 17.5 Å². The van der Waals surface area contributed by atoms with Crippen LogP contribution in [0.25, 0.3) is 0 Å². The largest absolute Gasteiger partial charge is 0.352 e. The van der Waals surface area contributed by atoms with Crippen molar-refractivity contribution in [2.75, 3.05) is 19.6 Å². The van der Waals surface area contributed by atoms with Gasteiger partial charge in [-0.3, -0.25) is 14.5 Å². The van der Waals surface area contributed by atoms with Crippen LogP contribution in [0.1, 0.15) is 44.9 Å². The predicted octanol–water partition coefficient (Wildman–Crippen LogP) is 2.48. The Kier molecular flexibility index (Phi) is 5.49. The molecule has 2 fully saturated rings. The monoisotopic (exact) mass is 363 g/mol. The second-order valence-corrected chi connectivity index (χ2v) is 8.53. The SMILES string of the molecule is CCN(CC)C(=O)[C@@H]1C[C@@H](NC(=O)C2(C)CC2)CN1Cc1cccs1. The Morgan fingerprint density at radius 2 is 2.08 bits per heavy atom. The molecular formula is C19H29N3O2S. The zero-order chi connectivity index (χ0) is 18.0. The summed E-state index contributed by atoms with van der Waals surface area (Å²) in [5, 5.41) is 5.27. The number of thiophene rings is 1. The Hall–Kier alpha value is -1.40. The minimum atomic E-state index is -0.167. The highest BCUT2D eigenvalue weighted by Crippen LogP contribution is 2.45. The highest BCUT2D eigenvalue weighted by molar-refractivity contribution is 7.09. The lowest BCUT2D eigenvalue weighted by molar-refractivity contribution is -0.135. The molecule has 2 amide bonds. The highest BCUT2D eigenvalue weighted by atomic mass is 32.1. The molecule has 1 aromatic heterocycles. The highest BCUT2D eigenvalue weighted by Gasteiger charge is 2.47. The summed E-state index contributed by atoms with van der Waals surface area (Å²) in [7, 11) is 0. The molecule has 2 aliphatic rings. The Morgan fingerprint density at radius 1 is 1.36 bits per heavy atom. The number of nitrogens with one attached hydrogen (secondary N) is 1. The van der Waals surface area contributed by atoms with Gasteiger partial charge >= 0.3 is 0 Å². The third kappa shape index (κ3) is 4.06. The molecule has 2 heterocycles. The van der Waals surface area contributed by atoms with Crippen LogP contribution < -0.4 is 5.32 Å². The molecule has 0 spiro atoms. The number of hydrogen-bond donors (Lipinski definition) is 1. The van der Waals surface area contributed by atoms with Crippen LogP contribution in [-0.4, -0.2) is 53.3 Å². The second kappa shape index (κ2) is 7.46. The van der Waals surface area contributed by atoms with Crippen molar-refractivity contribution >= 4 is 23.2 Å². The summed E-state index contributed by atoms with van der Waals surface area (Å²) in [6.45, 7) is 9.05. The van der Waals surface area contributed by atoms with Crippen LogP contribution in [-0.2, 0) is 16.1 Å². The summed E-state index contributed by atoms with van der Waals surface area (Å²) in [5.74, 6) is 0.348. The molecule has 6 heteroatoms. The van der Waals surface area contributed by atoms with Crippen LogP contribution in [0.2, 0.25) is 0 Å². The van der Waals surface area contributed by atoms with E-state index in [9.17, 15) is 9.59 Å². The van der Waals surface area contributed by atoms with E-state index in [2.05, 4.69) is 21.7 Å². The molecule has 0 bridgehead atoms. The Labute approximate surface area is 154 Å². The van der Waals surface area contributed by atoms with Gasteiger partial charge in [0.25, 0.3) is 0 Å². The molecule has 1 saturated heterocycles. The first-order valence-corrected chi connectivity index (χ1v) is 10.2. The first-order chi connectivity index (χ1) is 12.0. The summed E-state index contributed by atoms with van der Waals surface area (Å²) < 4.78 is 0. The van der Waals surface area contributed by atoms with Gasteiger partial charge in [0.2, 0.25) is 11.8 Å². The van der Waals surface area contributed by atoms with E-state index in [4.69, 9.17) is 0 Å². The standard InChI is InChI=1S/C19H29N3O2S/c1-4-21(5-2)17(23)16-11-14(20-18(24)19(3)8-9-19)12-22(16)13-15-7-6-10-25-15/h6-7,10,14,16H,4-5,8-9,11-13H2,1-3H3,(H,20,24)/t14-,16+/m1/s1. The van der Waals surface area contributed by atoms with Crippen molar-refractivity contribution in [1.82, 2.24) is 15.1 Å². The summed E-state index contributed by atoms with van der Waals surface area (Å²) >= 11 is 1.72. The van der Waals surface area contributed by atoms with Crippen molar-refractivity contribution in [2.24, 2.45) is 5.41 Å². The van der Waals surface area contributed by atoms with E-state index >= 15 is 0 Å². The quantitative estimate of drug-likeness (QED) is 0.810. The van der Waals surface area contributed by atoms with Crippen molar-refractivity contribution in [3.63, 3.8) is 0 Å². The van der Waals surface area contributed by atoms with Crippen molar-refractivity contribution in [2.45, 2.75) is 58.7 Å². The molecule has 1 saturated carbocycles. The van der Waals surface area contributed by atoms with E-state index in [1.165, 1.54) is 4.88 Å². The van der Waals surface area contributed by atoms with Crippen LogP contribution in [0.5, 0.6) is 0 Å². The maximum atomic E-state index is 13.0. The number of likely N-dealkylation sites (N-methyl/N-ethyl adjacent to an activating group) is 1. The van der Waals surface area contributed by atoms with Gasteiger partial charge in [-0.05, 0) is 44.6 Å². The number of hydrogen-bond acceptors (Lipinski definition) is 4. The van der Waals surface area contributed by atoms with Gasteiger partial charge in [-0.2, -0.15) is 0 Å². The number of carbonyl (C=O) groups is 2. The number of rotatable bonds is 7. The van der Waals surface area contributed by atoms with Crippen LogP contribution in [0.4, 0.5) is 0 Å². The lowest BCUT2D eigenvalue weighted by Gasteiger charge is -2.28. The third-order valence-corrected chi connectivity index (χ3v) is 6.45. The van der Waals surface area contributed by atoms with E-state index in [0.717, 1.165) is 39.0 Å². The average Bonchev–Trinajstić information content (AvgIpc) is 3.00. The smallest absolute Gasteiger partial charge is 0.240 e. The fourth-order valence-corrected chi connectivity index (χ4v) is 4.29. The molecule has 0 unspecified atom stereocenters. The zero-order valence-corrected chi connectivity index (χ0v) is 16.3. The van der Waals surface area contributed by atoms with Crippen molar-refractivity contribution in [1.29, 1.82) is 0 Å². The lowest BCUT2D eigenvalue weighted by atomic mass is 10.1. The molecule has 3 rings (SSSR count). The Morgan fingerprint density at radius 3 is 2.64 bits per heavy atom. The fraction of sp³-hybridized carbons (Fsp3) is 0.684. The minimum Gasteiger partial charge on any atom is -0.352 e. The van der Waals surface area contributed by atoms with Crippen LogP contribution in [0.3, 0.4) is 0 Å². The molecule has 1 aliphatic carbocycles. The number of carbonyl (C=O) groups excluding carboxylic acids is 2. The Bertz CT molecular complexity index is 608. The first kappa shape index (κ1) is 18.4. The molecule has 5 nitrogen and oxygen atoms in total. The fourth-order valence-electron chi connectivity index (χ4n) is 3.56. The van der Waals surface area contributed by atoms with Gasteiger partial charge in [-0.15, -0.1) is 11.3 Å². The van der Waals surface area contributed by atoms with Crippen molar-refractivity contribution in [3.05, 3.63) is 22.4 Å². The summed E-state index contributed by atoms with van der Waals surface area (Å²) in [6.07, 6.45) is 2.67. The maximum absolute atomic E-state index is 13.0. The van der Waals surface area contributed by atoms with E-state index in [1.54, 1.807) is 11.3 Å². The van der Waals surface area contributed by atoms with Crippen LogP contribution in [0, 0.1) is 5.41 Å². The maximum Gasteiger partial charge on any atom is 0.240 e. The lowest BCUT2D eigenvalue weighted by Crippen LogP contribution is -2.45. The van der Waals surface area contributed by atoms with E-state index in [0.29, 0.717) is 6.42 Å². The number of likely N-dealkylation sites (tertiary alicyclic amines) is 1. The molecule has 1 N–H and O–H groups in total. The predicted molar refractivity (Wildman–Crippen MR) is 100 cm³/mol. The third-order valence-electron chi connectivity index (χ3n) is 5.59. The molecule has 0 aromatic carbocycles. The van der Waals surface area contributed by atoms with Gasteiger partial charge in [-0.1, -0.05) is 13.0 Å². The topological polar surface area (TPSA) is 52.7 Å². The van der Waals surface area contributed by atoms with Crippen molar-refractivity contribution < 1.29 is 9.59 Å². The van der Waals surface area contributed by atoms with Crippen LogP contribution >= 0.6 is 11.3 Å². The summed E-state index contributed by atoms with van der Waals surface area (Å²) in [5.41, 5.74) is -0.167. The van der Waals surface area contributed by atoms with Crippen molar-refractivity contribution in [3.8, 4) is 0 Å². The van der Waals surface area contributed by atoms with Gasteiger partial charge in [0, 0.05) is 42.5 Å². The summed E-state index contributed by atoms with van der Waals surface area (Å²) in [6, 6.07) is 4.08. The molecular weight excluding hydrogens is 334 g/mol. The average molecular weight is 364 g/mol. The van der Waals surface area contributed by atoms with Gasteiger partial charge < -0.3 is 10.2 Å². The van der Waals surface area contributed by atoms with E-state index in [1.807, 2.05) is 31.7 Å². The molecule has 25 heavy (non-hydrogen) atoms. The normalized spacial score (nSPS) is 24.9. The molecule has 1 aromatic rings. The molecule has 138 valence electrons. The van der Waals surface area contributed by atoms with Gasteiger partial charge in [0.1, 0.15) is 0 Å². The summed E-state index contributed by atoms with van der Waals surface area (Å²) in [4.78, 5) is 30.8. The van der Waals surface area contributed by atoms with E-state index in [-0.39, 0.29) is 29.3 Å². The molecule has 0 radical (unpaired) electrons. The molecule has 1 aliphatic heterocycles. The van der Waals surface area contributed by atoms with E-state index < -0.39 is 0 Å². The first-order valence-electron chi connectivity index (χ1n) is 9.33. The zero-order valence-electron chi connectivity index (χ0n) is 15.5. The minimum absolute atomic E-state index is 0.0643. The van der Waals surface area contributed by atoms with Gasteiger partial charge in [-0.25, -0.2) is 0 Å². The number of amides is 2. The van der Waals surface area contributed by atoms with Gasteiger partial charge in [0.05, 0.1) is 6.04 Å². The van der Waals surface area contributed by atoms with Gasteiger partial charge in [0.15, 0.2) is 0 Å². The molecule has 2 atom stereocenters. The Balaban J connectivity index is 1.70.